The van der Waals surface area contributed by atoms with Gasteiger partial charge in [-0.1, -0.05) is 35.9 Å². The van der Waals surface area contributed by atoms with Gasteiger partial charge < -0.3 is 16.8 Å². The average Bonchev–Trinajstić information content (AvgIpc) is 2.72. The van der Waals surface area contributed by atoms with E-state index >= 15 is 0 Å². The molecule has 0 aliphatic carbocycles. The Bertz CT molecular complexity index is 1300. The topological polar surface area (TPSA) is 125 Å². The fraction of sp³-hybridized carbons (Fsp3) is 0.143. The van der Waals surface area contributed by atoms with E-state index in [0.717, 1.165) is 0 Å². The number of nitrogen functional groups attached to an aromatic ring is 2. The number of hydrogen-bond acceptors (Lipinski definition) is 7. The van der Waals surface area contributed by atoms with E-state index in [4.69, 9.17) is 28.1 Å². The van der Waals surface area contributed by atoms with E-state index in [1.165, 1.54) is 0 Å². The maximum atomic E-state index is 13.4. The molecule has 0 bridgehead atoms. The fourth-order valence-corrected chi connectivity index (χ4v) is 3.54. The second-order valence-corrected chi connectivity index (χ2v) is 7.29. The van der Waals surface area contributed by atoms with Gasteiger partial charge in [-0.3, -0.25) is 9.36 Å². The van der Waals surface area contributed by atoms with Crippen LogP contribution in [0.5, 0.6) is 0 Å². The van der Waals surface area contributed by atoms with Crippen LogP contribution >= 0.6 is 11.6 Å². The van der Waals surface area contributed by atoms with Gasteiger partial charge in [0, 0.05) is 5.56 Å². The normalized spacial score (nSPS) is 12.1. The second kappa shape index (κ2) is 7.64. The number of hydrogen-bond donors (Lipinski definition) is 3. The van der Waals surface area contributed by atoms with E-state index < -0.39 is 6.04 Å². The Morgan fingerprint density at radius 3 is 2.50 bits per heavy atom. The van der Waals surface area contributed by atoms with Crippen molar-refractivity contribution in [3.8, 4) is 5.69 Å². The molecule has 4 aromatic rings. The quantitative estimate of drug-likeness (QED) is 0.460. The molecular formula is C21H20ClN7O. The van der Waals surface area contributed by atoms with E-state index in [-0.39, 0.29) is 17.3 Å². The number of nitrogens with zero attached hydrogens (tertiary/aromatic N) is 4. The Hall–Kier alpha value is -3.65. The third-order valence-corrected chi connectivity index (χ3v) is 5.14. The summed E-state index contributed by atoms with van der Waals surface area (Å²) in [6.45, 7) is 3.67. The van der Waals surface area contributed by atoms with Gasteiger partial charge in [0.1, 0.15) is 17.5 Å². The van der Waals surface area contributed by atoms with Gasteiger partial charge in [-0.05, 0) is 38.1 Å². The average molecular weight is 422 g/mol. The first-order valence-corrected chi connectivity index (χ1v) is 9.67. The molecule has 8 nitrogen and oxygen atoms in total. The van der Waals surface area contributed by atoms with Crippen LogP contribution in [-0.2, 0) is 0 Å². The monoisotopic (exact) mass is 421 g/mol. The highest BCUT2D eigenvalue weighted by atomic mass is 35.5. The zero-order valence-corrected chi connectivity index (χ0v) is 17.2. The van der Waals surface area contributed by atoms with E-state index in [2.05, 4.69) is 15.3 Å². The predicted octanol–water partition coefficient (Wildman–Crippen LogP) is 3.48. The highest BCUT2D eigenvalue weighted by Crippen LogP contribution is 2.26. The van der Waals surface area contributed by atoms with Crippen LogP contribution in [0.3, 0.4) is 0 Å². The van der Waals surface area contributed by atoms with Gasteiger partial charge in [0.15, 0.2) is 0 Å². The first kappa shape index (κ1) is 19.7. The molecule has 5 N–H and O–H groups in total. The molecule has 2 aromatic carbocycles. The Labute approximate surface area is 177 Å². The molecule has 0 saturated heterocycles. The van der Waals surface area contributed by atoms with Gasteiger partial charge >= 0.3 is 0 Å². The lowest BCUT2D eigenvalue weighted by Gasteiger charge is -2.21. The zero-order chi connectivity index (χ0) is 21.4. The van der Waals surface area contributed by atoms with Crippen molar-refractivity contribution in [1.82, 2.24) is 19.5 Å². The predicted molar refractivity (Wildman–Crippen MR) is 120 cm³/mol. The first-order chi connectivity index (χ1) is 14.4. The number of fused-ring (bicyclic) bond motifs is 1. The SMILES string of the molecule is Cc1c(N)nc(N)nc1NC(C)c1nc2cccc(Cl)c2c(=O)n1-c1ccccc1. The molecule has 0 fully saturated rings. The molecule has 4 rings (SSSR count). The van der Waals surface area contributed by atoms with Crippen molar-refractivity contribution in [2.24, 2.45) is 0 Å². The van der Waals surface area contributed by atoms with Crippen LogP contribution in [0.25, 0.3) is 16.6 Å². The minimum Gasteiger partial charge on any atom is -0.383 e. The summed E-state index contributed by atoms with van der Waals surface area (Å²) in [5.74, 6) is 1.33. The number of nitrogens with one attached hydrogen (secondary N) is 1. The van der Waals surface area contributed by atoms with Crippen molar-refractivity contribution in [2.75, 3.05) is 16.8 Å². The van der Waals surface area contributed by atoms with Gasteiger partial charge in [0.2, 0.25) is 5.95 Å². The number of rotatable bonds is 4. The Morgan fingerprint density at radius 2 is 1.77 bits per heavy atom. The molecule has 0 spiro atoms. The lowest BCUT2D eigenvalue weighted by Crippen LogP contribution is -2.27. The van der Waals surface area contributed by atoms with Gasteiger partial charge in [-0.25, -0.2) is 4.98 Å². The van der Waals surface area contributed by atoms with Gasteiger partial charge in [-0.2, -0.15) is 9.97 Å². The summed E-state index contributed by atoms with van der Waals surface area (Å²) in [4.78, 5) is 26.4. The molecule has 152 valence electrons. The third-order valence-electron chi connectivity index (χ3n) is 4.83. The Balaban J connectivity index is 1.93. The van der Waals surface area contributed by atoms with Crippen LogP contribution in [0.4, 0.5) is 17.6 Å². The molecule has 0 saturated carbocycles. The standard InChI is InChI=1S/C21H20ClN7O/c1-11-17(23)27-21(24)28-18(11)25-12(2)19-26-15-10-6-9-14(22)16(15)20(30)29(19)13-7-4-3-5-8-13/h3-10,12H,1-2H3,(H5,23,24,25,27,28). The minimum atomic E-state index is -0.409. The number of nitrogens with two attached hydrogens (primary N) is 2. The molecule has 0 aliphatic rings. The lowest BCUT2D eigenvalue weighted by molar-refractivity contribution is 0.730. The molecule has 9 heteroatoms. The van der Waals surface area contributed by atoms with Crippen molar-refractivity contribution in [2.45, 2.75) is 19.9 Å². The van der Waals surface area contributed by atoms with E-state index in [9.17, 15) is 4.79 Å². The van der Waals surface area contributed by atoms with Crippen LogP contribution in [0, 0.1) is 6.92 Å². The molecule has 0 aliphatic heterocycles. The zero-order valence-electron chi connectivity index (χ0n) is 16.4. The van der Waals surface area contributed by atoms with Crippen molar-refractivity contribution in [1.29, 1.82) is 0 Å². The molecule has 30 heavy (non-hydrogen) atoms. The number of halogens is 1. The summed E-state index contributed by atoms with van der Waals surface area (Å²) >= 11 is 6.33. The van der Waals surface area contributed by atoms with Gasteiger partial charge in [0.25, 0.3) is 5.56 Å². The van der Waals surface area contributed by atoms with Crippen LogP contribution in [-0.4, -0.2) is 19.5 Å². The smallest absolute Gasteiger partial charge is 0.267 e. The van der Waals surface area contributed by atoms with Gasteiger partial charge in [-0.15, -0.1) is 0 Å². The minimum absolute atomic E-state index is 0.0616. The number of para-hydroxylation sites is 1. The number of benzene rings is 2. The summed E-state index contributed by atoms with van der Waals surface area (Å²) in [5.41, 5.74) is 13.3. The summed E-state index contributed by atoms with van der Waals surface area (Å²) in [6.07, 6.45) is 0. The molecule has 1 atom stereocenters. The summed E-state index contributed by atoms with van der Waals surface area (Å²) in [6, 6.07) is 14.1. The van der Waals surface area contributed by atoms with E-state index in [1.807, 2.05) is 37.3 Å². The molecule has 2 aromatic heterocycles. The van der Waals surface area contributed by atoms with Crippen molar-refractivity contribution >= 4 is 40.1 Å². The van der Waals surface area contributed by atoms with Crippen molar-refractivity contribution < 1.29 is 0 Å². The fourth-order valence-electron chi connectivity index (χ4n) is 3.29. The second-order valence-electron chi connectivity index (χ2n) is 6.89. The largest absolute Gasteiger partial charge is 0.383 e. The molecule has 2 heterocycles. The van der Waals surface area contributed by atoms with E-state index in [1.54, 1.807) is 29.7 Å². The Kier molecular flexibility index (Phi) is 5.01. The molecule has 0 radical (unpaired) electrons. The molecule has 0 amide bonds. The van der Waals surface area contributed by atoms with Crippen molar-refractivity contribution in [3.05, 3.63) is 75.3 Å². The highest BCUT2D eigenvalue weighted by molar-refractivity contribution is 6.35. The van der Waals surface area contributed by atoms with Crippen LogP contribution < -0.4 is 22.3 Å². The summed E-state index contributed by atoms with van der Waals surface area (Å²) in [5, 5.41) is 3.98. The summed E-state index contributed by atoms with van der Waals surface area (Å²) in [7, 11) is 0. The maximum Gasteiger partial charge on any atom is 0.267 e. The van der Waals surface area contributed by atoms with Crippen LogP contribution in [0.2, 0.25) is 5.02 Å². The first-order valence-electron chi connectivity index (χ1n) is 9.29. The maximum absolute atomic E-state index is 13.4. The molecular weight excluding hydrogens is 402 g/mol. The van der Waals surface area contributed by atoms with E-state index in [0.29, 0.717) is 38.8 Å². The van der Waals surface area contributed by atoms with Crippen LogP contribution in [0.1, 0.15) is 24.4 Å². The highest BCUT2D eigenvalue weighted by Gasteiger charge is 2.20. The van der Waals surface area contributed by atoms with Gasteiger partial charge in [0.05, 0.1) is 27.7 Å². The number of anilines is 3. The van der Waals surface area contributed by atoms with Crippen molar-refractivity contribution in [3.63, 3.8) is 0 Å². The summed E-state index contributed by atoms with van der Waals surface area (Å²) < 4.78 is 1.55. The number of aromatic nitrogens is 4. The van der Waals surface area contributed by atoms with Crippen LogP contribution in [0.15, 0.2) is 53.3 Å². The third kappa shape index (κ3) is 3.42. The molecule has 1 unspecified atom stereocenters. The lowest BCUT2D eigenvalue weighted by atomic mass is 10.2. The Morgan fingerprint density at radius 1 is 1.03 bits per heavy atom.